The highest BCUT2D eigenvalue weighted by Gasteiger charge is 2.43. The van der Waals surface area contributed by atoms with Crippen LogP contribution < -0.4 is 9.47 Å². The third kappa shape index (κ3) is 1.83. The first-order valence-corrected chi connectivity index (χ1v) is 4.47. The Morgan fingerprint density at radius 1 is 1.38 bits per heavy atom. The molecule has 1 aromatic carbocycles. The molecule has 86 valence electrons. The van der Waals surface area contributed by atoms with Gasteiger partial charge in [-0.05, 0) is 24.6 Å². The molecule has 1 heterocycles. The van der Waals surface area contributed by atoms with Crippen molar-refractivity contribution in [1.82, 2.24) is 0 Å². The summed E-state index contributed by atoms with van der Waals surface area (Å²) in [7, 11) is 0. The van der Waals surface area contributed by atoms with E-state index in [1.807, 2.05) is 0 Å². The average molecular weight is 230 g/mol. The van der Waals surface area contributed by atoms with E-state index in [4.69, 9.17) is 0 Å². The molecular formula is C10H8F2O4. The number of carbonyl (C=O) groups is 1. The van der Waals surface area contributed by atoms with Crippen LogP contribution in [-0.4, -0.2) is 17.2 Å². The lowest BCUT2D eigenvalue weighted by Gasteiger charge is -2.07. The van der Waals surface area contributed by atoms with Gasteiger partial charge in [0.25, 0.3) is 0 Å². The van der Waals surface area contributed by atoms with Crippen molar-refractivity contribution in [3.05, 3.63) is 23.8 Å². The second-order valence-electron chi connectivity index (χ2n) is 3.39. The van der Waals surface area contributed by atoms with E-state index in [9.17, 15) is 18.7 Å². The molecule has 0 amide bonds. The van der Waals surface area contributed by atoms with Crippen molar-refractivity contribution < 1.29 is 28.2 Å². The molecular weight excluding hydrogens is 222 g/mol. The lowest BCUT2D eigenvalue weighted by Crippen LogP contribution is -2.25. The molecule has 1 N–H and O–H groups in total. The van der Waals surface area contributed by atoms with Gasteiger partial charge in [0.15, 0.2) is 17.3 Å². The fourth-order valence-electron chi connectivity index (χ4n) is 1.37. The SMILES string of the molecule is CC(=O)C(O)c1ccc2c(c1)OC(F)(F)O2. The van der Waals surface area contributed by atoms with Gasteiger partial charge in [-0.3, -0.25) is 4.79 Å². The van der Waals surface area contributed by atoms with Gasteiger partial charge < -0.3 is 14.6 Å². The van der Waals surface area contributed by atoms with Gasteiger partial charge in [0.2, 0.25) is 0 Å². The van der Waals surface area contributed by atoms with Crippen LogP contribution in [0.15, 0.2) is 18.2 Å². The van der Waals surface area contributed by atoms with Crippen LogP contribution in [0.1, 0.15) is 18.6 Å². The van der Waals surface area contributed by atoms with Crippen LogP contribution in [0, 0.1) is 0 Å². The van der Waals surface area contributed by atoms with Crippen LogP contribution in [0.4, 0.5) is 8.78 Å². The maximum Gasteiger partial charge on any atom is 0.586 e. The van der Waals surface area contributed by atoms with Crippen LogP contribution in [0.5, 0.6) is 11.5 Å². The van der Waals surface area contributed by atoms with E-state index in [-0.39, 0.29) is 17.1 Å². The van der Waals surface area contributed by atoms with E-state index in [0.29, 0.717) is 0 Å². The van der Waals surface area contributed by atoms with Crippen molar-refractivity contribution >= 4 is 5.78 Å². The van der Waals surface area contributed by atoms with Gasteiger partial charge >= 0.3 is 6.29 Å². The molecule has 0 spiro atoms. The van der Waals surface area contributed by atoms with Gasteiger partial charge in [-0.25, -0.2) is 0 Å². The summed E-state index contributed by atoms with van der Waals surface area (Å²) in [6.45, 7) is 1.20. The number of rotatable bonds is 2. The number of carbonyl (C=O) groups excluding carboxylic acids is 1. The molecule has 0 aromatic heterocycles. The Balaban J connectivity index is 2.32. The van der Waals surface area contributed by atoms with Gasteiger partial charge in [-0.1, -0.05) is 6.07 Å². The number of ether oxygens (including phenoxy) is 2. The highest BCUT2D eigenvalue weighted by Crippen LogP contribution is 2.41. The van der Waals surface area contributed by atoms with E-state index in [1.165, 1.54) is 19.1 Å². The summed E-state index contributed by atoms with van der Waals surface area (Å²) in [6.07, 6.45) is -5.04. The maximum atomic E-state index is 12.7. The average Bonchev–Trinajstić information content (AvgIpc) is 2.48. The molecule has 0 saturated heterocycles. The number of hydrogen-bond donors (Lipinski definition) is 1. The standard InChI is InChI=1S/C10H8F2O4/c1-5(13)9(14)6-2-3-7-8(4-6)16-10(11,12)15-7/h2-4,9,14H,1H3. The van der Waals surface area contributed by atoms with Crippen LogP contribution in [0.25, 0.3) is 0 Å². The second kappa shape index (κ2) is 3.41. The van der Waals surface area contributed by atoms with Crippen LogP contribution in [-0.2, 0) is 4.79 Å². The topological polar surface area (TPSA) is 55.8 Å². The van der Waals surface area contributed by atoms with Crippen molar-refractivity contribution in [1.29, 1.82) is 0 Å². The number of halogens is 2. The zero-order chi connectivity index (χ0) is 11.9. The molecule has 0 aliphatic carbocycles. The number of fused-ring (bicyclic) bond motifs is 1. The molecule has 0 fully saturated rings. The van der Waals surface area contributed by atoms with E-state index < -0.39 is 18.2 Å². The fraction of sp³-hybridized carbons (Fsp3) is 0.300. The minimum absolute atomic E-state index is 0.121. The molecule has 16 heavy (non-hydrogen) atoms. The fourth-order valence-corrected chi connectivity index (χ4v) is 1.37. The van der Waals surface area contributed by atoms with E-state index in [2.05, 4.69) is 9.47 Å². The molecule has 0 bridgehead atoms. The lowest BCUT2D eigenvalue weighted by molar-refractivity contribution is -0.286. The number of alkyl halides is 2. The molecule has 1 aromatic rings. The normalized spacial score (nSPS) is 18.2. The molecule has 1 atom stereocenters. The lowest BCUT2D eigenvalue weighted by atomic mass is 10.1. The number of Topliss-reactive ketones (excluding diaryl/α,β-unsaturated/α-hetero) is 1. The summed E-state index contributed by atoms with van der Waals surface area (Å²) in [5.74, 6) is -0.794. The summed E-state index contributed by atoms with van der Waals surface area (Å²) in [5, 5.41) is 9.43. The third-order valence-electron chi connectivity index (χ3n) is 2.13. The Hall–Kier alpha value is -1.69. The van der Waals surface area contributed by atoms with Gasteiger partial charge in [0, 0.05) is 0 Å². The minimum Gasteiger partial charge on any atom is -0.395 e. The Kier molecular flexibility index (Phi) is 2.31. The Labute approximate surface area is 89.4 Å². The van der Waals surface area contributed by atoms with Gasteiger partial charge in [0.05, 0.1) is 0 Å². The van der Waals surface area contributed by atoms with Crippen LogP contribution in [0.3, 0.4) is 0 Å². The summed E-state index contributed by atoms with van der Waals surface area (Å²) < 4.78 is 33.7. The number of ketones is 1. The smallest absolute Gasteiger partial charge is 0.395 e. The Morgan fingerprint density at radius 3 is 2.62 bits per heavy atom. The molecule has 4 nitrogen and oxygen atoms in total. The Bertz CT molecular complexity index is 444. The summed E-state index contributed by atoms with van der Waals surface area (Å²) in [6, 6.07) is 3.70. The minimum atomic E-state index is -3.69. The zero-order valence-corrected chi connectivity index (χ0v) is 8.24. The van der Waals surface area contributed by atoms with Crippen LogP contribution >= 0.6 is 0 Å². The first-order valence-electron chi connectivity index (χ1n) is 4.47. The molecule has 6 heteroatoms. The number of benzene rings is 1. The van der Waals surface area contributed by atoms with Crippen LogP contribution in [0.2, 0.25) is 0 Å². The van der Waals surface area contributed by atoms with E-state index in [0.717, 1.165) is 6.07 Å². The number of aliphatic hydroxyl groups is 1. The van der Waals surface area contributed by atoms with Crippen molar-refractivity contribution in [2.45, 2.75) is 19.3 Å². The quantitative estimate of drug-likeness (QED) is 0.838. The molecule has 2 rings (SSSR count). The highest BCUT2D eigenvalue weighted by atomic mass is 19.3. The van der Waals surface area contributed by atoms with Gasteiger partial charge in [-0.2, -0.15) is 0 Å². The first kappa shape index (κ1) is 10.8. The van der Waals surface area contributed by atoms with Gasteiger partial charge in [-0.15, -0.1) is 8.78 Å². The van der Waals surface area contributed by atoms with Crippen molar-refractivity contribution in [2.75, 3.05) is 0 Å². The molecule has 0 saturated carbocycles. The maximum absolute atomic E-state index is 12.7. The van der Waals surface area contributed by atoms with Gasteiger partial charge in [0.1, 0.15) is 6.10 Å². The van der Waals surface area contributed by atoms with Crippen molar-refractivity contribution in [3.63, 3.8) is 0 Å². The third-order valence-corrected chi connectivity index (χ3v) is 2.13. The molecule has 1 aliphatic heterocycles. The summed E-state index contributed by atoms with van der Waals surface area (Å²) in [5.41, 5.74) is 0.188. The highest BCUT2D eigenvalue weighted by molar-refractivity contribution is 5.81. The summed E-state index contributed by atoms with van der Waals surface area (Å²) >= 11 is 0. The zero-order valence-electron chi connectivity index (χ0n) is 8.24. The Morgan fingerprint density at radius 2 is 2.00 bits per heavy atom. The monoisotopic (exact) mass is 230 g/mol. The van der Waals surface area contributed by atoms with Crippen molar-refractivity contribution in [3.8, 4) is 11.5 Å². The first-order chi connectivity index (χ1) is 7.39. The predicted molar refractivity (Wildman–Crippen MR) is 48.3 cm³/mol. The molecule has 1 aliphatic rings. The number of aliphatic hydroxyl groups excluding tert-OH is 1. The number of hydrogen-bond acceptors (Lipinski definition) is 4. The van der Waals surface area contributed by atoms with Crippen molar-refractivity contribution in [2.24, 2.45) is 0 Å². The largest absolute Gasteiger partial charge is 0.586 e. The molecule has 1 unspecified atom stereocenters. The second-order valence-corrected chi connectivity index (χ2v) is 3.39. The van der Waals surface area contributed by atoms with E-state index >= 15 is 0 Å². The summed E-state index contributed by atoms with van der Waals surface area (Å²) in [4.78, 5) is 10.9. The molecule has 0 radical (unpaired) electrons. The van der Waals surface area contributed by atoms with E-state index in [1.54, 1.807) is 0 Å². The predicted octanol–water partition coefficient (Wildman–Crippen LogP) is 1.63.